The predicted molar refractivity (Wildman–Crippen MR) is 86.3 cm³/mol. The Hall–Kier alpha value is -1.12. The molecule has 0 aromatic heterocycles. The largest absolute Gasteiger partial charge is 0.490 e. The average Bonchev–Trinajstić information content (AvgIpc) is 2.38. The molecule has 0 heterocycles. The maximum atomic E-state index is 11.9. The number of ether oxygens (including phenoxy) is 1. The summed E-state index contributed by atoms with van der Waals surface area (Å²) in [6.07, 6.45) is 2.13. The lowest BCUT2D eigenvalue weighted by atomic mass is 10.3. The quantitative estimate of drug-likeness (QED) is 0.649. The van der Waals surface area contributed by atoms with E-state index >= 15 is 0 Å². The van der Waals surface area contributed by atoms with Crippen LogP contribution in [0.3, 0.4) is 0 Å². The van der Waals surface area contributed by atoms with Crippen LogP contribution in [-0.4, -0.2) is 43.0 Å². The Balaban J connectivity index is 2.39. The number of anilines is 1. The zero-order chi connectivity index (χ0) is 15.9. The first-order chi connectivity index (χ1) is 9.80. The van der Waals surface area contributed by atoms with E-state index in [1.54, 1.807) is 37.4 Å². The molecule has 0 fully saturated rings. The number of sulfonamides is 1. The smallest absolute Gasteiger partial charge is 0.215 e. The zero-order valence-corrected chi connectivity index (χ0v) is 13.9. The Morgan fingerprint density at radius 2 is 2.05 bits per heavy atom. The third-order valence-corrected chi connectivity index (χ3v) is 5.02. The molecule has 2 unspecified atom stereocenters. The van der Waals surface area contributed by atoms with Gasteiger partial charge in [0, 0.05) is 28.9 Å². The van der Waals surface area contributed by atoms with Crippen molar-refractivity contribution in [2.24, 2.45) is 0 Å². The van der Waals surface area contributed by atoms with Gasteiger partial charge in [-0.3, -0.25) is 4.21 Å². The van der Waals surface area contributed by atoms with Crippen LogP contribution in [0.25, 0.3) is 0 Å². The first-order valence-electron chi connectivity index (χ1n) is 6.57. The van der Waals surface area contributed by atoms with Crippen molar-refractivity contribution in [3.63, 3.8) is 0 Å². The molecule has 1 aromatic carbocycles. The van der Waals surface area contributed by atoms with Crippen LogP contribution in [0.15, 0.2) is 24.3 Å². The maximum Gasteiger partial charge on any atom is 0.215 e. The summed E-state index contributed by atoms with van der Waals surface area (Å²) in [6, 6.07) is 6.68. The molecule has 0 bridgehead atoms. The summed E-state index contributed by atoms with van der Waals surface area (Å²) in [5, 5.41) is 0. The van der Waals surface area contributed by atoms with E-state index in [0.717, 1.165) is 0 Å². The number of hydrogen-bond donors (Lipinski definition) is 2. The Labute approximate surface area is 128 Å². The molecule has 0 aliphatic carbocycles. The van der Waals surface area contributed by atoms with Gasteiger partial charge in [-0.25, -0.2) is 13.1 Å². The number of hydrogen-bond acceptors (Lipinski definition) is 5. The van der Waals surface area contributed by atoms with Crippen molar-refractivity contribution in [2.45, 2.75) is 19.4 Å². The number of nitrogens with two attached hydrogens (primary N) is 1. The van der Waals surface area contributed by atoms with Crippen molar-refractivity contribution >= 4 is 26.5 Å². The Morgan fingerprint density at radius 1 is 1.38 bits per heavy atom. The Kier molecular flexibility index (Phi) is 7.13. The lowest BCUT2D eigenvalue weighted by Crippen LogP contribution is -2.36. The van der Waals surface area contributed by atoms with Crippen molar-refractivity contribution in [3.05, 3.63) is 24.3 Å². The average molecular weight is 334 g/mol. The second-order valence-electron chi connectivity index (χ2n) is 4.79. The molecule has 0 spiro atoms. The molecule has 1 aromatic rings. The van der Waals surface area contributed by atoms with Crippen molar-refractivity contribution in [3.8, 4) is 5.75 Å². The van der Waals surface area contributed by atoms with Crippen LogP contribution in [0.1, 0.15) is 13.3 Å². The van der Waals surface area contributed by atoms with Gasteiger partial charge in [-0.1, -0.05) is 12.1 Å². The molecule has 6 nitrogen and oxygen atoms in total. The van der Waals surface area contributed by atoms with E-state index < -0.39 is 20.8 Å². The van der Waals surface area contributed by atoms with Crippen LogP contribution in [0.5, 0.6) is 5.75 Å². The van der Waals surface area contributed by atoms with E-state index in [0.29, 0.717) is 23.6 Å². The first kappa shape index (κ1) is 17.9. The highest BCUT2D eigenvalue weighted by molar-refractivity contribution is 7.89. The number of nitrogens with one attached hydrogen (secondary N) is 1. The molecule has 3 N–H and O–H groups in total. The second kappa shape index (κ2) is 8.35. The topological polar surface area (TPSA) is 98.5 Å². The van der Waals surface area contributed by atoms with Gasteiger partial charge < -0.3 is 10.5 Å². The fraction of sp³-hybridized carbons (Fsp3) is 0.538. The van der Waals surface area contributed by atoms with E-state index in [2.05, 4.69) is 4.72 Å². The van der Waals surface area contributed by atoms with E-state index in [1.165, 1.54) is 0 Å². The highest BCUT2D eigenvalue weighted by atomic mass is 32.2. The fourth-order valence-corrected chi connectivity index (χ4v) is 3.48. The van der Waals surface area contributed by atoms with Crippen LogP contribution in [0, 0.1) is 0 Å². The van der Waals surface area contributed by atoms with Gasteiger partial charge in [0.25, 0.3) is 0 Å². The summed E-state index contributed by atoms with van der Waals surface area (Å²) in [7, 11) is -4.35. The van der Waals surface area contributed by atoms with Crippen LogP contribution in [0.2, 0.25) is 0 Å². The summed E-state index contributed by atoms with van der Waals surface area (Å²) in [5.74, 6) is 0.795. The standard InChI is InChI=1S/C13H22N2O4S2/c1-11(7-9-20(2)16)15-21(17,18)10-8-19-13-6-4-3-5-12(13)14/h3-6,11,15H,7-10,14H2,1-2H3. The summed E-state index contributed by atoms with van der Waals surface area (Å²) in [5.41, 5.74) is 6.17. The lowest BCUT2D eigenvalue weighted by molar-refractivity contribution is 0.342. The molecule has 0 amide bonds. The van der Waals surface area contributed by atoms with Crippen LogP contribution < -0.4 is 15.2 Å². The lowest BCUT2D eigenvalue weighted by Gasteiger charge is -2.14. The molecule has 0 aliphatic rings. The molecule has 0 radical (unpaired) electrons. The minimum Gasteiger partial charge on any atom is -0.490 e. The normalized spacial score (nSPS) is 14.6. The molecule has 2 atom stereocenters. The van der Waals surface area contributed by atoms with Crippen molar-refractivity contribution in [1.82, 2.24) is 4.72 Å². The molecule has 1 rings (SSSR count). The summed E-state index contributed by atoms with van der Waals surface area (Å²) < 4.78 is 42.6. The SMILES string of the molecule is CC(CCS(C)=O)NS(=O)(=O)CCOc1ccccc1N. The van der Waals surface area contributed by atoms with Crippen LogP contribution in [-0.2, 0) is 20.8 Å². The fourth-order valence-electron chi connectivity index (χ4n) is 1.64. The van der Waals surface area contributed by atoms with Gasteiger partial charge in [0.15, 0.2) is 0 Å². The summed E-state index contributed by atoms with van der Waals surface area (Å²) >= 11 is 0. The molecule has 8 heteroatoms. The third-order valence-electron chi connectivity index (χ3n) is 2.75. The van der Waals surface area contributed by atoms with Gasteiger partial charge >= 0.3 is 0 Å². The number of rotatable bonds is 9. The number of nitrogen functional groups attached to an aromatic ring is 1. The first-order valence-corrected chi connectivity index (χ1v) is 9.95. The number of benzene rings is 1. The molecule has 0 saturated heterocycles. The van der Waals surface area contributed by atoms with Gasteiger partial charge in [0.1, 0.15) is 12.4 Å². The second-order valence-corrected chi connectivity index (χ2v) is 8.22. The molecule has 0 saturated carbocycles. The summed E-state index contributed by atoms with van der Waals surface area (Å²) in [6.45, 7) is 1.77. The zero-order valence-electron chi connectivity index (χ0n) is 12.2. The summed E-state index contributed by atoms with van der Waals surface area (Å²) in [4.78, 5) is 0. The molecule has 120 valence electrons. The monoisotopic (exact) mass is 334 g/mol. The van der Waals surface area contributed by atoms with Gasteiger partial charge in [-0.2, -0.15) is 0 Å². The van der Waals surface area contributed by atoms with E-state index in [4.69, 9.17) is 10.5 Å². The predicted octanol–water partition coefficient (Wildman–Crippen LogP) is 0.724. The van der Waals surface area contributed by atoms with E-state index in [1.807, 2.05) is 0 Å². The minimum absolute atomic E-state index is 0.0238. The van der Waals surface area contributed by atoms with Gasteiger partial charge in [-0.05, 0) is 25.5 Å². The minimum atomic E-state index is -3.43. The highest BCUT2D eigenvalue weighted by Crippen LogP contribution is 2.19. The van der Waals surface area contributed by atoms with Gasteiger partial charge in [-0.15, -0.1) is 0 Å². The Bertz CT molecular complexity index is 575. The molecule has 0 aliphatic heterocycles. The molecular weight excluding hydrogens is 312 g/mol. The Morgan fingerprint density at radius 3 is 2.67 bits per heavy atom. The third kappa shape index (κ3) is 7.45. The highest BCUT2D eigenvalue weighted by Gasteiger charge is 2.15. The van der Waals surface area contributed by atoms with Crippen molar-refractivity contribution in [1.29, 1.82) is 0 Å². The number of para-hydroxylation sites is 2. The van der Waals surface area contributed by atoms with Crippen LogP contribution in [0.4, 0.5) is 5.69 Å². The van der Waals surface area contributed by atoms with Crippen molar-refractivity contribution < 1.29 is 17.4 Å². The maximum absolute atomic E-state index is 11.9. The van der Waals surface area contributed by atoms with Crippen molar-refractivity contribution in [2.75, 3.05) is 30.1 Å². The van der Waals surface area contributed by atoms with Gasteiger partial charge in [0.2, 0.25) is 10.0 Å². The van der Waals surface area contributed by atoms with Crippen LogP contribution >= 0.6 is 0 Å². The van der Waals surface area contributed by atoms with E-state index in [-0.39, 0.29) is 18.4 Å². The molecule has 21 heavy (non-hydrogen) atoms. The van der Waals surface area contributed by atoms with Gasteiger partial charge in [0.05, 0.1) is 11.4 Å². The molecular formula is C13H22N2O4S2. The van der Waals surface area contributed by atoms with E-state index in [9.17, 15) is 12.6 Å².